The van der Waals surface area contributed by atoms with Crippen LogP contribution in [0.25, 0.3) is 0 Å². The number of pyridine rings is 1. The van der Waals surface area contributed by atoms with Crippen LogP contribution >= 0.6 is 0 Å². The molecule has 1 heterocycles. The molecule has 1 aliphatic rings. The van der Waals surface area contributed by atoms with Crippen molar-refractivity contribution in [1.82, 2.24) is 10.3 Å². The molecule has 1 saturated carbocycles. The van der Waals surface area contributed by atoms with Crippen LogP contribution < -0.4 is 5.32 Å². The minimum atomic E-state index is 0.372. The third kappa shape index (κ3) is 2.57. The summed E-state index contributed by atoms with van der Waals surface area (Å²) in [6.07, 6.45) is 5.92. The molecule has 1 fully saturated rings. The Bertz CT molecular complexity index is 297. The molecule has 3 atom stereocenters. The second-order valence-electron chi connectivity index (χ2n) is 4.66. The van der Waals surface area contributed by atoms with E-state index in [1.165, 1.54) is 19.3 Å². The van der Waals surface area contributed by atoms with Crippen molar-refractivity contribution in [2.24, 2.45) is 5.92 Å². The standard InChI is InChI=1S/C13H20N2/c1-10-6-5-8-12(10)15-11(2)13-7-3-4-9-14-13/h3-4,7,9-12,15H,5-6,8H2,1-2H3/t10-,11+,12-/m1/s1. The molecule has 0 aromatic carbocycles. The van der Waals surface area contributed by atoms with E-state index < -0.39 is 0 Å². The fourth-order valence-corrected chi connectivity index (χ4v) is 2.43. The van der Waals surface area contributed by atoms with Crippen LogP contribution in [0.15, 0.2) is 24.4 Å². The zero-order valence-electron chi connectivity index (χ0n) is 9.61. The highest BCUT2D eigenvalue weighted by Crippen LogP contribution is 2.26. The molecule has 0 aliphatic heterocycles. The Balaban J connectivity index is 1.95. The van der Waals surface area contributed by atoms with Gasteiger partial charge in [-0.25, -0.2) is 0 Å². The second-order valence-corrected chi connectivity index (χ2v) is 4.66. The van der Waals surface area contributed by atoms with Crippen molar-refractivity contribution in [2.75, 3.05) is 0 Å². The molecule has 0 saturated heterocycles. The average molecular weight is 204 g/mol. The van der Waals surface area contributed by atoms with Gasteiger partial charge in [0.2, 0.25) is 0 Å². The lowest BCUT2D eigenvalue weighted by molar-refractivity contribution is 0.385. The molecule has 0 unspecified atom stereocenters. The van der Waals surface area contributed by atoms with Crippen molar-refractivity contribution in [1.29, 1.82) is 0 Å². The Morgan fingerprint density at radius 2 is 2.27 bits per heavy atom. The quantitative estimate of drug-likeness (QED) is 0.819. The summed E-state index contributed by atoms with van der Waals surface area (Å²) in [6.45, 7) is 4.54. The van der Waals surface area contributed by atoms with Gasteiger partial charge in [-0.3, -0.25) is 4.98 Å². The summed E-state index contributed by atoms with van der Waals surface area (Å²) in [6, 6.07) is 7.17. The molecular weight excluding hydrogens is 184 g/mol. The van der Waals surface area contributed by atoms with E-state index in [1.54, 1.807) is 0 Å². The normalized spacial score (nSPS) is 27.9. The highest BCUT2D eigenvalue weighted by atomic mass is 15.0. The van der Waals surface area contributed by atoms with E-state index in [0.717, 1.165) is 11.6 Å². The molecule has 2 heteroatoms. The maximum Gasteiger partial charge on any atom is 0.0570 e. The zero-order valence-corrected chi connectivity index (χ0v) is 9.61. The van der Waals surface area contributed by atoms with Gasteiger partial charge in [0.05, 0.1) is 5.69 Å². The van der Waals surface area contributed by atoms with Crippen LogP contribution in [-0.4, -0.2) is 11.0 Å². The number of hydrogen-bond acceptors (Lipinski definition) is 2. The van der Waals surface area contributed by atoms with Crippen LogP contribution in [0.2, 0.25) is 0 Å². The minimum Gasteiger partial charge on any atom is -0.306 e. The topological polar surface area (TPSA) is 24.9 Å². The molecule has 1 N–H and O–H groups in total. The second kappa shape index (κ2) is 4.75. The van der Waals surface area contributed by atoms with Gasteiger partial charge in [0.15, 0.2) is 0 Å². The highest BCUT2D eigenvalue weighted by Gasteiger charge is 2.24. The Morgan fingerprint density at radius 3 is 2.87 bits per heavy atom. The Morgan fingerprint density at radius 1 is 1.40 bits per heavy atom. The lowest BCUT2D eigenvalue weighted by atomic mass is 10.0. The number of rotatable bonds is 3. The van der Waals surface area contributed by atoms with E-state index in [4.69, 9.17) is 0 Å². The predicted octanol–water partition coefficient (Wildman–Crippen LogP) is 2.92. The van der Waals surface area contributed by atoms with Crippen LogP contribution in [0.1, 0.15) is 44.8 Å². The summed E-state index contributed by atoms with van der Waals surface area (Å²) in [4.78, 5) is 4.38. The molecule has 0 spiro atoms. The maximum absolute atomic E-state index is 4.38. The van der Waals surface area contributed by atoms with Crippen LogP contribution in [0.3, 0.4) is 0 Å². The van der Waals surface area contributed by atoms with Crippen LogP contribution in [0.5, 0.6) is 0 Å². The van der Waals surface area contributed by atoms with Crippen molar-refractivity contribution in [2.45, 2.75) is 45.2 Å². The van der Waals surface area contributed by atoms with Crippen LogP contribution in [-0.2, 0) is 0 Å². The number of hydrogen-bond donors (Lipinski definition) is 1. The van der Waals surface area contributed by atoms with Gasteiger partial charge in [0.25, 0.3) is 0 Å². The Hall–Kier alpha value is -0.890. The molecule has 2 rings (SSSR count). The molecule has 1 aliphatic carbocycles. The van der Waals surface area contributed by atoms with Gasteiger partial charge in [0.1, 0.15) is 0 Å². The van der Waals surface area contributed by atoms with Crippen molar-refractivity contribution < 1.29 is 0 Å². The lowest BCUT2D eigenvalue weighted by Crippen LogP contribution is -2.33. The molecule has 1 aromatic heterocycles. The van der Waals surface area contributed by atoms with Gasteiger partial charge in [-0.05, 0) is 37.8 Å². The van der Waals surface area contributed by atoms with Gasteiger partial charge in [-0.2, -0.15) is 0 Å². The van der Waals surface area contributed by atoms with Gasteiger partial charge in [-0.1, -0.05) is 19.4 Å². The van der Waals surface area contributed by atoms with E-state index >= 15 is 0 Å². The molecule has 0 radical (unpaired) electrons. The number of aromatic nitrogens is 1. The average Bonchev–Trinajstić information content (AvgIpc) is 2.66. The molecule has 82 valence electrons. The van der Waals surface area contributed by atoms with Crippen molar-refractivity contribution in [3.8, 4) is 0 Å². The molecule has 2 nitrogen and oxygen atoms in total. The third-order valence-electron chi connectivity index (χ3n) is 3.46. The SMILES string of the molecule is C[C@H](N[C@@H]1CCC[C@H]1C)c1ccccn1. The number of nitrogens with one attached hydrogen (secondary N) is 1. The summed E-state index contributed by atoms with van der Waals surface area (Å²) >= 11 is 0. The number of nitrogens with zero attached hydrogens (tertiary/aromatic N) is 1. The fraction of sp³-hybridized carbons (Fsp3) is 0.615. The monoisotopic (exact) mass is 204 g/mol. The van der Waals surface area contributed by atoms with Gasteiger partial charge >= 0.3 is 0 Å². The molecule has 0 amide bonds. The first-order valence-electron chi connectivity index (χ1n) is 5.94. The van der Waals surface area contributed by atoms with E-state index in [9.17, 15) is 0 Å². The van der Waals surface area contributed by atoms with Gasteiger partial charge in [-0.15, -0.1) is 0 Å². The van der Waals surface area contributed by atoms with E-state index in [-0.39, 0.29) is 0 Å². The predicted molar refractivity (Wildman–Crippen MR) is 62.6 cm³/mol. The highest BCUT2D eigenvalue weighted by molar-refractivity contribution is 5.08. The minimum absolute atomic E-state index is 0.372. The zero-order chi connectivity index (χ0) is 10.7. The molecule has 1 aromatic rings. The largest absolute Gasteiger partial charge is 0.306 e. The van der Waals surface area contributed by atoms with E-state index in [2.05, 4.69) is 36.3 Å². The molecule has 15 heavy (non-hydrogen) atoms. The van der Waals surface area contributed by atoms with Crippen LogP contribution in [0, 0.1) is 5.92 Å². The molecule has 0 bridgehead atoms. The van der Waals surface area contributed by atoms with Crippen molar-refractivity contribution in [3.63, 3.8) is 0 Å². The van der Waals surface area contributed by atoms with E-state index in [0.29, 0.717) is 12.1 Å². The first-order chi connectivity index (χ1) is 7.27. The summed E-state index contributed by atoms with van der Waals surface area (Å²) in [7, 11) is 0. The summed E-state index contributed by atoms with van der Waals surface area (Å²) < 4.78 is 0. The van der Waals surface area contributed by atoms with Crippen molar-refractivity contribution in [3.05, 3.63) is 30.1 Å². The van der Waals surface area contributed by atoms with Crippen LogP contribution in [0.4, 0.5) is 0 Å². The Labute approximate surface area is 92.1 Å². The lowest BCUT2D eigenvalue weighted by Gasteiger charge is -2.22. The first-order valence-corrected chi connectivity index (χ1v) is 5.94. The summed E-state index contributed by atoms with van der Waals surface area (Å²) in [5.41, 5.74) is 1.15. The van der Waals surface area contributed by atoms with Crippen molar-refractivity contribution >= 4 is 0 Å². The summed E-state index contributed by atoms with van der Waals surface area (Å²) in [5, 5.41) is 3.68. The van der Waals surface area contributed by atoms with E-state index in [1.807, 2.05) is 12.3 Å². The third-order valence-corrected chi connectivity index (χ3v) is 3.46. The smallest absolute Gasteiger partial charge is 0.0570 e. The summed E-state index contributed by atoms with van der Waals surface area (Å²) in [5.74, 6) is 0.816. The van der Waals surface area contributed by atoms with Gasteiger partial charge < -0.3 is 5.32 Å². The first kappa shape index (κ1) is 10.6. The van der Waals surface area contributed by atoms with Gasteiger partial charge in [0, 0.05) is 18.3 Å². The molecular formula is C13H20N2. The fourth-order valence-electron chi connectivity index (χ4n) is 2.43. The Kier molecular flexibility index (Phi) is 3.37. The maximum atomic E-state index is 4.38.